The monoisotopic (exact) mass is 245 g/mol. The predicted molar refractivity (Wildman–Crippen MR) is 72.7 cm³/mol. The van der Waals surface area contributed by atoms with Gasteiger partial charge in [-0.15, -0.1) is 5.10 Å². The van der Waals surface area contributed by atoms with E-state index in [1.54, 1.807) is 10.9 Å². The van der Waals surface area contributed by atoms with Gasteiger partial charge in [-0.2, -0.15) is 0 Å². The zero-order chi connectivity index (χ0) is 13.0. The first-order chi connectivity index (χ1) is 8.69. The van der Waals surface area contributed by atoms with Crippen LogP contribution in [0.5, 0.6) is 11.6 Å². The van der Waals surface area contributed by atoms with Gasteiger partial charge in [-0.1, -0.05) is 25.5 Å². The molecule has 0 fully saturated rings. The molecule has 2 N–H and O–H groups in total. The molecule has 2 aromatic rings. The van der Waals surface area contributed by atoms with Crippen molar-refractivity contribution >= 4 is 5.69 Å². The van der Waals surface area contributed by atoms with Crippen LogP contribution in [0.3, 0.4) is 0 Å². The number of nitrogens with zero attached hydrogens (tertiary/aromatic N) is 2. The van der Waals surface area contributed by atoms with E-state index >= 15 is 0 Å². The first kappa shape index (κ1) is 12.5. The van der Waals surface area contributed by atoms with Crippen LogP contribution in [0.15, 0.2) is 30.5 Å². The van der Waals surface area contributed by atoms with Crippen molar-refractivity contribution in [2.45, 2.75) is 26.2 Å². The van der Waals surface area contributed by atoms with Gasteiger partial charge in [0.2, 0.25) is 0 Å². The molecule has 2 rings (SSSR count). The molecule has 0 unspecified atom stereocenters. The largest absolute Gasteiger partial charge is 0.436 e. The second kappa shape index (κ2) is 5.58. The quantitative estimate of drug-likeness (QED) is 0.880. The molecule has 0 saturated carbocycles. The number of nitrogen functional groups attached to an aromatic ring is 1. The highest BCUT2D eigenvalue weighted by molar-refractivity contribution is 5.48. The van der Waals surface area contributed by atoms with Gasteiger partial charge in [-0.05, 0) is 30.5 Å². The lowest BCUT2D eigenvalue weighted by Crippen LogP contribution is -1.91. The maximum absolute atomic E-state index is 5.78. The highest BCUT2D eigenvalue weighted by Crippen LogP contribution is 2.25. The van der Waals surface area contributed by atoms with Gasteiger partial charge in [0, 0.05) is 7.05 Å². The van der Waals surface area contributed by atoms with Gasteiger partial charge in [-0.3, -0.25) is 4.68 Å². The van der Waals surface area contributed by atoms with Crippen molar-refractivity contribution in [1.29, 1.82) is 0 Å². The summed E-state index contributed by atoms with van der Waals surface area (Å²) in [6.07, 6.45) is 5.27. The Balaban J connectivity index is 2.04. The number of benzene rings is 1. The topological polar surface area (TPSA) is 53.1 Å². The van der Waals surface area contributed by atoms with E-state index in [4.69, 9.17) is 10.5 Å². The minimum absolute atomic E-state index is 0.457. The van der Waals surface area contributed by atoms with Crippen LogP contribution in [0.4, 0.5) is 5.69 Å². The number of ether oxygens (including phenoxy) is 1. The van der Waals surface area contributed by atoms with E-state index < -0.39 is 0 Å². The number of unbranched alkanes of at least 4 members (excludes halogenated alkanes) is 1. The second-order valence-corrected chi connectivity index (χ2v) is 4.41. The molecule has 0 atom stereocenters. The van der Waals surface area contributed by atoms with Crippen LogP contribution in [-0.4, -0.2) is 9.78 Å². The minimum atomic E-state index is 0.457. The molecule has 1 aromatic carbocycles. The van der Waals surface area contributed by atoms with Crippen molar-refractivity contribution in [3.05, 3.63) is 36.0 Å². The lowest BCUT2D eigenvalue weighted by atomic mass is 10.1. The molecule has 0 aliphatic carbocycles. The molecular formula is C14H19N3O. The molecule has 0 aliphatic heterocycles. The fourth-order valence-corrected chi connectivity index (χ4v) is 1.78. The average molecular weight is 245 g/mol. The fourth-order valence-electron chi connectivity index (χ4n) is 1.78. The first-order valence-electron chi connectivity index (χ1n) is 6.25. The molecule has 1 aromatic heterocycles. The molecule has 0 amide bonds. The standard InChI is InChI=1S/C14H19N3O/c1-3-4-5-11-6-8-12(9-7-11)18-14-13(15)10-17(2)16-14/h6-10H,3-5,15H2,1-2H3. The zero-order valence-corrected chi connectivity index (χ0v) is 10.9. The van der Waals surface area contributed by atoms with E-state index in [2.05, 4.69) is 24.2 Å². The van der Waals surface area contributed by atoms with Crippen LogP contribution in [0, 0.1) is 0 Å². The van der Waals surface area contributed by atoms with E-state index in [9.17, 15) is 0 Å². The Labute approximate surface area is 107 Å². The lowest BCUT2D eigenvalue weighted by molar-refractivity contribution is 0.455. The van der Waals surface area contributed by atoms with E-state index in [-0.39, 0.29) is 0 Å². The Hall–Kier alpha value is -1.97. The number of hydrogen-bond acceptors (Lipinski definition) is 3. The number of aromatic nitrogens is 2. The SMILES string of the molecule is CCCCc1ccc(Oc2nn(C)cc2N)cc1. The summed E-state index contributed by atoms with van der Waals surface area (Å²) in [5.41, 5.74) is 7.66. The summed E-state index contributed by atoms with van der Waals surface area (Å²) in [5, 5.41) is 4.15. The van der Waals surface area contributed by atoms with Crippen LogP contribution in [-0.2, 0) is 13.5 Å². The summed E-state index contributed by atoms with van der Waals surface area (Å²) in [5.74, 6) is 1.22. The van der Waals surface area contributed by atoms with Crippen molar-refractivity contribution < 1.29 is 4.74 Å². The molecule has 4 heteroatoms. The maximum Gasteiger partial charge on any atom is 0.261 e. The van der Waals surface area contributed by atoms with Gasteiger partial charge in [0.05, 0.1) is 6.20 Å². The van der Waals surface area contributed by atoms with Crippen LogP contribution in [0.25, 0.3) is 0 Å². The smallest absolute Gasteiger partial charge is 0.261 e. The van der Waals surface area contributed by atoms with Crippen LogP contribution in [0.2, 0.25) is 0 Å². The van der Waals surface area contributed by atoms with E-state index in [1.165, 1.54) is 18.4 Å². The first-order valence-corrected chi connectivity index (χ1v) is 6.25. The third-order valence-corrected chi connectivity index (χ3v) is 2.78. The third-order valence-electron chi connectivity index (χ3n) is 2.78. The number of nitrogens with two attached hydrogens (primary N) is 1. The van der Waals surface area contributed by atoms with Crippen molar-refractivity contribution in [1.82, 2.24) is 9.78 Å². The minimum Gasteiger partial charge on any atom is -0.436 e. The maximum atomic E-state index is 5.78. The summed E-state index contributed by atoms with van der Waals surface area (Å²) in [4.78, 5) is 0. The molecule has 0 spiro atoms. The summed E-state index contributed by atoms with van der Waals surface area (Å²) in [6, 6.07) is 8.09. The second-order valence-electron chi connectivity index (χ2n) is 4.41. The van der Waals surface area contributed by atoms with Crippen LogP contribution in [0.1, 0.15) is 25.3 Å². The summed E-state index contributed by atoms with van der Waals surface area (Å²) in [6.45, 7) is 2.20. The molecule has 4 nitrogen and oxygen atoms in total. The van der Waals surface area contributed by atoms with Gasteiger partial charge < -0.3 is 10.5 Å². The van der Waals surface area contributed by atoms with E-state index in [0.717, 1.165) is 12.2 Å². The Morgan fingerprint density at radius 1 is 1.28 bits per heavy atom. The van der Waals surface area contributed by atoms with Crippen molar-refractivity contribution in [2.75, 3.05) is 5.73 Å². The van der Waals surface area contributed by atoms with Gasteiger partial charge in [0.1, 0.15) is 11.4 Å². The van der Waals surface area contributed by atoms with Crippen molar-refractivity contribution in [2.24, 2.45) is 7.05 Å². The van der Waals surface area contributed by atoms with Gasteiger partial charge in [0.15, 0.2) is 0 Å². The van der Waals surface area contributed by atoms with Crippen LogP contribution >= 0.6 is 0 Å². The Kier molecular flexibility index (Phi) is 3.87. The third kappa shape index (κ3) is 3.03. The van der Waals surface area contributed by atoms with Crippen molar-refractivity contribution in [3.63, 3.8) is 0 Å². The Bertz CT molecular complexity index is 502. The van der Waals surface area contributed by atoms with Gasteiger partial charge in [0.25, 0.3) is 5.88 Å². The fraction of sp³-hybridized carbons (Fsp3) is 0.357. The number of hydrogen-bond donors (Lipinski definition) is 1. The van der Waals surface area contributed by atoms with E-state index in [1.807, 2.05) is 19.2 Å². The molecule has 18 heavy (non-hydrogen) atoms. The molecule has 0 radical (unpaired) electrons. The zero-order valence-electron chi connectivity index (χ0n) is 10.9. The Morgan fingerprint density at radius 3 is 2.56 bits per heavy atom. The predicted octanol–water partition coefficient (Wildman–Crippen LogP) is 3.14. The molecule has 1 heterocycles. The number of anilines is 1. The average Bonchev–Trinajstić information content (AvgIpc) is 2.67. The van der Waals surface area contributed by atoms with Crippen molar-refractivity contribution in [3.8, 4) is 11.6 Å². The van der Waals surface area contributed by atoms with Gasteiger partial charge >= 0.3 is 0 Å². The lowest BCUT2D eigenvalue weighted by Gasteiger charge is -2.04. The van der Waals surface area contributed by atoms with Gasteiger partial charge in [-0.25, -0.2) is 0 Å². The highest BCUT2D eigenvalue weighted by atomic mass is 16.5. The molecular weight excluding hydrogens is 226 g/mol. The Morgan fingerprint density at radius 2 is 2.00 bits per heavy atom. The van der Waals surface area contributed by atoms with E-state index in [0.29, 0.717) is 11.6 Å². The number of rotatable bonds is 5. The molecule has 96 valence electrons. The molecule has 0 bridgehead atoms. The summed E-state index contributed by atoms with van der Waals surface area (Å²) >= 11 is 0. The summed E-state index contributed by atoms with van der Waals surface area (Å²) in [7, 11) is 1.82. The normalized spacial score (nSPS) is 10.6. The number of aryl methyl sites for hydroxylation is 2. The molecule has 0 aliphatic rings. The summed E-state index contributed by atoms with van der Waals surface area (Å²) < 4.78 is 7.27. The molecule has 0 saturated heterocycles. The van der Waals surface area contributed by atoms with Crippen LogP contribution < -0.4 is 10.5 Å². The highest BCUT2D eigenvalue weighted by Gasteiger charge is 2.06.